The molecule has 2 atom stereocenters. The van der Waals surface area contributed by atoms with E-state index in [1.54, 1.807) is 0 Å². The van der Waals surface area contributed by atoms with Crippen molar-refractivity contribution in [3.8, 4) is 0 Å². The molecular formula is C15H26N2O3SSi. The third-order valence-electron chi connectivity index (χ3n) is 3.98. The Bertz CT molecular complexity index is 582. The van der Waals surface area contributed by atoms with Gasteiger partial charge in [-0.1, -0.05) is 48.6 Å². The zero-order valence-electron chi connectivity index (χ0n) is 13.7. The normalized spacial score (nSPS) is 24.4. The number of nitrogens with one attached hydrogen (secondary N) is 1. The lowest BCUT2D eigenvalue weighted by Gasteiger charge is -2.35. The molecule has 124 valence electrons. The smallest absolute Gasteiger partial charge is 0.279 e. The minimum atomic E-state index is -3.45. The molecule has 1 fully saturated rings. The zero-order valence-corrected chi connectivity index (χ0v) is 15.6. The molecule has 0 spiro atoms. The van der Waals surface area contributed by atoms with Crippen LogP contribution >= 0.6 is 0 Å². The van der Waals surface area contributed by atoms with Gasteiger partial charge in [-0.15, -0.1) is 0 Å². The van der Waals surface area contributed by atoms with Crippen molar-refractivity contribution in [1.82, 2.24) is 9.03 Å². The highest BCUT2D eigenvalue weighted by molar-refractivity contribution is 7.87. The number of benzene rings is 1. The van der Waals surface area contributed by atoms with Crippen molar-refractivity contribution in [2.24, 2.45) is 0 Å². The van der Waals surface area contributed by atoms with Gasteiger partial charge in [-0.05, 0) is 13.8 Å². The van der Waals surface area contributed by atoms with Crippen LogP contribution in [0.25, 0.3) is 0 Å². The first-order valence-corrected chi connectivity index (χ1v) is 12.3. The molecule has 1 saturated heterocycles. The fourth-order valence-electron chi connectivity index (χ4n) is 2.68. The zero-order chi connectivity index (χ0) is 16.4. The monoisotopic (exact) mass is 342 g/mol. The predicted molar refractivity (Wildman–Crippen MR) is 92.1 cm³/mol. The molecule has 1 aliphatic heterocycles. The van der Waals surface area contributed by atoms with Gasteiger partial charge in [0.25, 0.3) is 10.2 Å². The summed E-state index contributed by atoms with van der Waals surface area (Å²) in [4.78, 5) is 0. The average Bonchev–Trinajstić information content (AvgIpc) is 2.45. The first-order valence-electron chi connectivity index (χ1n) is 7.66. The summed E-state index contributed by atoms with van der Waals surface area (Å²) in [6.07, 6.45) is 0.360. The number of hydrogen-bond acceptors (Lipinski definition) is 3. The molecule has 1 heterocycles. The van der Waals surface area contributed by atoms with Crippen molar-refractivity contribution in [1.29, 1.82) is 0 Å². The first kappa shape index (κ1) is 17.6. The Labute approximate surface area is 134 Å². The van der Waals surface area contributed by atoms with E-state index in [1.807, 2.05) is 32.0 Å². The van der Waals surface area contributed by atoms with Crippen molar-refractivity contribution < 1.29 is 13.2 Å². The Balaban J connectivity index is 2.03. The van der Waals surface area contributed by atoms with Crippen LogP contribution in [-0.2, 0) is 14.9 Å². The summed E-state index contributed by atoms with van der Waals surface area (Å²) < 4.78 is 35.0. The van der Waals surface area contributed by atoms with Crippen LogP contribution in [0.3, 0.4) is 0 Å². The van der Waals surface area contributed by atoms with E-state index in [2.05, 4.69) is 29.9 Å². The predicted octanol–water partition coefficient (Wildman–Crippen LogP) is 1.08. The lowest BCUT2D eigenvalue weighted by molar-refractivity contribution is -0.0443. The van der Waals surface area contributed by atoms with Gasteiger partial charge in [0, 0.05) is 19.3 Å². The Morgan fingerprint density at radius 3 is 2.27 bits per heavy atom. The quantitative estimate of drug-likeness (QED) is 0.815. The first-order chi connectivity index (χ1) is 10.2. The van der Waals surface area contributed by atoms with Crippen molar-refractivity contribution in [2.45, 2.75) is 39.1 Å². The van der Waals surface area contributed by atoms with E-state index < -0.39 is 18.3 Å². The van der Waals surface area contributed by atoms with Gasteiger partial charge in [0.2, 0.25) is 0 Å². The third kappa shape index (κ3) is 4.39. The fourth-order valence-corrected chi connectivity index (χ4v) is 7.15. The van der Waals surface area contributed by atoms with E-state index in [0.717, 1.165) is 0 Å². The van der Waals surface area contributed by atoms with Crippen molar-refractivity contribution in [2.75, 3.05) is 19.3 Å². The minimum Gasteiger partial charge on any atom is -0.373 e. The van der Waals surface area contributed by atoms with Gasteiger partial charge in [0.1, 0.15) is 0 Å². The van der Waals surface area contributed by atoms with E-state index in [1.165, 1.54) is 9.49 Å². The van der Waals surface area contributed by atoms with Gasteiger partial charge in [-0.2, -0.15) is 12.7 Å². The van der Waals surface area contributed by atoms with Gasteiger partial charge in [0.05, 0.1) is 20.3 Å². The van der Waals surface area contributed by atoms with E-state index in [9.17, 15) is 8.42 Å². The van der Waals surface area contributed by atoms with E-state index in [-0.39, 0.29) is 12.2 Å². The molecule has 5 nitrogen and oxygen atoms in total. The van der Waals surface area contributed by atoms with Gasteiger partial charge in [-0.3, -0.25) is 0 Å². The molecule has 0 aromatic heterocycles. The fraction of sp³-hybridized carbons (Fsp3) is 0.600. The Hall–Kier alpha value is -0.733. The van der Waals surface area contributed by atoms with Crippen LogP contribution in [0.4, 0.5) is 0 Å². The summed E-state index contributed by atoms with van der Waals surface area (Å²) in [7, 11) is -5.29. The number of ether oxygens (including phenoxy) is 1. The Morgan fingerprint density at radius 1 is 1.18 bits per heavy atom. The lowest BCUT2D eigenvalue weighted by Crippen LogP contribution is -2.57. The second-order valence-corrected chi connectivity index (χ2v) is 13.1. The Kier molecular flexibility index (Phi) is 5.44. The summed E-state index contributed by atoms with van der Waals surface area (Å²) in [5.74, 6) is 0. The molecule has 0 radical (unpaired) electrons. The Morgan fingerprint density at radius 2 is 1.73 bits per heavy atom. The largest absolute Gasteiger partial charge is 0.373 e. The molecule has 2 unspecified atom stereocenters. The highest BCUT2D eigenvalue weighted by Gasteiger charge is 2.33. The van der Waals surface area contributed by atoms with Crippen LogP contribution in [0, 0.1) is 0 Å². The molecule has 7 heteroatoms. The van der Waals surface area contributed by atoms with Crippen molar-refractivity contribution in [3.63, 3.8) is 0 Å². The van der Waals surface area contributed by atoms with Crippen LogP contribution < -0.4 is 9.91 Å². The maximum absolute atomic E-state index is 12.5. The summed E-state index contributed by atoms with van der Waals surface area (Å²) >= 11 is 0. The van der Waals surface area contributed by atoms with Gasteiger partial charge in [-0.25, -0.2) is 4.72 Å². The summed E-state index contributed by atoms with van der Waals surface area (Å²) in [6, 6.07) is 10.2. The summed E-state index contributed by atoms with van der Waals surface area (Å²) in [5, 5.41) is 1.25. The number of nitrogens with zero attached hydrogens (tertiary/aromatic N) is 1. The minimum absolute atomic E-state index is 0.0697. The standard InChI is InChI=1S/C15H26N2O3SSi/c1-13-10-17(11-14(2)20-13)21(18,19)16-12-22(3,4)15-8-6-5-7-9-15/h5-9,13-14,16H,10-12H2,1-4H3. The average molecular weight is 343 g/mol. The SMILES string of the molecule is CC1CN(S(=O)(=O)NC[Si](C)(C)c2ccccc2)CC(C)O1. The lowest BCUT2D eigenvalue weighted by atomic mass is 10.3. The molecule has 2 rings (SSSR count). The third-order valence-corrected chi connectivity index (χ3v) is 8.68. The molecular weight excluding hydrogens is 316 g/mol. The van der Waals surface area contributed by atoms with Crippen molar-refractivity contribution >= 4 is 23.5 Å². The highest BCUT2D eigenvalue weighted by Crippen LogP contribution is 2.14. The number of morpholine rings is 1. The molecule has 1 aromatic carbocycles. The second-order valence-electron chi connectivity index (χ2n) is 6.65. The van der Waals surface area contributed by atoms with Crippen LogP contribution in [0.15, 0.2) is 30.3 Å². The molecule has 22 heavy (non-hydrogen) atoms. The van der Waals surface area contributed by atoms with E-state index in [4.69, 9.17) is 4.74 Å². The molecule has 0 amide bonds. The van der Waals surface area contributed by atoms with Crippen LogP contribution in [0.2, 0.25) is 13.1 Å². The molecule has 0 bridgehead atoms. The number of rotatable bonds is 5. The van der Waals surface area contributed by atoms with Gasteiger partial charge >= 0.3 is 0 Å². The van der Waals surface area contributed by atoms with Crippen LogP contribution in [0.1, 0.15) is 13.8 Å². The summed E-state index contributed by atoms with van der Waals surface area (Å²) in [5.41, 5.74) is 0. The maximum atomic E-state index is 12.5. The van der Waals surface area contributed by atoms with Gasteiger partial charge < -0.3 is 4.74 Å². The van der Waals surface area contributed by atoms with Crippen LogP contribution in [-0.4, -0.2) is 52.3 Å². The maximum Gasteiger partial charge on any atom is 0.279 e. The molecule has 1 N–H and O–H groups in total. The molecule has 1 aromatic rings. The number of hydrogen-bond donors (Lipinski definition) is 1. The van der Waals surface area contributed by atoms with Crippen molar-refractivity contribution in [3.05, 3.63) is 30.3 Å². The van der Waals surface area contributed by atoms with E-state index >= 15 is 0 Å². The summed E-state index contributed by atoms with van der Waals surface area (Å²) in [6.45, 7) is 8.98. The molecule has 0 aliphatic carbocycles. The second kappa shape index (κ2) is 6.80. The highest BCUT2D eigenvalue weighted by atomic mass is 32.2. The van der Waals surface area contributed by atoms with E-state index in [0.29, 0.717) is 19.3 Å². The van der Waals surface area contributed by atoms with Gasteiger partial charge in [0.15, 0.2) is 0 Å². The molecule has 0 saturated carbocycles. The topological polar surface area (TPSA) is 58.6 Å². The molecule has 1 aliphatic rings. The van der Waals surface area contributed by atoms with Crippen LogP contribution in [0.5, 0.6) is 0 Å².